The number of carbonyl (C=O) groups excluding carboxylic acids is 1. The van der Waals surface area contributed by atoms with Crippen LogP contribution in [-0.2, 0) is 4.74 Å². The molecular formula is C15H26F3N3O2. The summed E-state index contributed by atoms with van der Waals surface area (Å²) in [4.78, 5) is 13.2. The lowest BCUT2D eigenvalue weighted by molar-refractivity contribution is -0.143. The first-order valence-electron chi connectivity index (χ1n) is 8.19. The molecule has 2 saturated heterocycles. The highest BCUT2D eigenvalue weighted by atomic mass is 19.4. The summed E-state index contributed by atoms with van der Waals surface area (Å²) in [6, 6.07) is -0.531. The third kappa shape index (κ3) is 5.84. The zero-order chi connectivity index (χ0) is 17.0. The van der Waals surface area contributed by atoms with Gasteiger partial charge in [-0.3, -0.25) is 4.90 Å². The minimum absolute atomic E-state index is 0.157. The van der Waals surface area contributed by atoms with Crippen LogP contribution in [0.25, 0.3) is 0 Å². The van der Waals surface area contributed by atoms with Crippen LogP contribution >= 0.6 is 0 Å². The molecule has 3 atom stereocenters. The second-order valence-electron chi connectivity index (χ2n) is 6.82. The Morgan fingerprint density at radius 2 is 2.09 bits per heavy atom. The number of carbonyl (C=O) groups is 1. The molecule has 5 nitrogen and oxygen atoms in total. The van der Waals surface area contributed by atoms with Gasteiger partial charge in [0.05, 0.1) is 12.6 Å². The van der Waals surface area contributed by atoms with E-state index in [1.807, 2.05) is 0 Å². The molecule has 0 aromatic heterocycles. The van der Waals surface area contributed by atoms with E-state index in [4.69, 9.17) is 4.74 Å². The molecule has 0 aliphatic carbocycles. The van der Waals surface area contributed by atoms with Gasteiger partial charge < -0.3 is 15.4 Å². The predicted octanol–water partition coefficient (Wildman–Crippen LogP) is 1.98. The number of alkyl halides is 3. The third-order valence-corrected chi connectivity index (χ3v) is 4.46. The molecule has 0 aromatic carbocycles. The maximum atomic E-state index is 12.3. The molecule has 2 rings (SSSR count). The molecule has 2 heterocycles. The molecule has 134 valence electrons. The number of halogens is 3. The van der Waals surface area contributed by atoms with Crippen LogP contribution in [0.5, 0.6) is 0 Å². The molecule has 2 aliphatic rings. The van der Waals surface area contributed by atoms with Crippen LogP contribution in [0.2, 0.25) is 0 Å². The minimum atomic E-state index is -4.19. The average Bonchev–Trinajstić information content (AvgIpc) is 3.03. The second-order valence-corrected chi connectivity index (χ2v) is 6.82. The number of hydrogen-bond acceptors (Lipinski definition) is 3. The Hall–Kier alpha value is -1.02. The standard InChI is InChI=1S/C15H26F3N3O2/c1-10(2)13-11(4-6-23-13)7-19-14(22)20-12-3-5-21(8-12)9-15(16,17)18/h10-13H,3-9H2,1-2H3,(H2,19,20,22)/t11-,12+,13+/m0/s1. The van der Waals surface area contributed by atoms with Crippen molar-refractivity contribution in [2.45, 2.75) is 45.0 Å². The van der Waals surface area contributed by atoms with Crippen LogP contribution in [0.4, 0.5) is 18.0 Å². The van der Waals surface area contributed by atoms with Gasteiger partial charge in [-0.15, -0.1) is 0 Å². The average molecular weight is 337 g/mol. The molecule has 2 amide bonds. The summed E-state index contributed by atoms with van der Waals surface area (Å²) in [5, 5.41) is 5.59. The summed E-state index contributed by atoms with van der Waals surface area (Å²) < 4.78 is 42.7. The fourth-order valence-corrected chi connectivity index (χ4v) is 3.42. The first kappa shape index (κ1) is 18.3. The molecule has 0 radical (unpaired) electrons. The maximum absolute atomic E-state index is 12.3. The summed E-state index contributed by atoms with van der Waals surface area (Å²) in [6.45, 7) is 5.12. The third-order valence-electron chi connectivity index (χ3n) is 4.46. The van der Waals surface area contributed by atoms with Crippen molar-refractivity contribution in [3.05, 3.63) is 0 Å². The Morgan fingerprint density at radius 1 is 1.35 bits per heavy atom. The molecule has 23 heavy (non-hydrogen) atoms. The number of hydrogen-bond donors (Lipinski definition) is 2. The number of ether oxygens (including phenoxy) is 1. The van der Waals surface area contributed by atoms with E-state index in [-0.39, 0.29) is 24.7 Å². The predicted molar refractivity (Wildman–Crippen MR) is 80.1 cm³/mol. The molecular weight excluding hydrogens is 311 g/mol. The number of rotatable bonds is 5. The molecule has 2 N–H and O–H groups in total. The lowest BCUT2D eigenvalue weighted by Gasteiger charge is -2.23. The van der Waals surface area contributed by atoms with Crippen molar-refractivity contribution in [2.75, 3.05) is 32.8 Å². The quantitative estimate of drug-likeness (QED) is 0.807. The van der Waals surface area contributed by atoms with Gasteiger partial charge in [0, 0.05) is 38.2 Å². The van der Waals surface area contributed by atoms with Gasteiger partial charge in [-0.1, -0.05) is 13.8 Å². The van der Waals surface area contributed by atoms with E-state index in [2.05, 4.69) is 24.5 Å². The van der Waals surface area contributed by atoms with Crippen molar-refractivity contribution in [3.63, 3.8) is 0 Å². The van der Waals surface area contributed by atoms with Crippen molar-refractivity contribution in [1.29, 1.82) is 0 Å². The lowest BCUT2D eigenvalue weighted by atomic mass is 9.93. The van der Waals surface area contributed by atoms with Crippen molar-refractivity contribution in [1.82, 2.24) is 15.5 Å². The Bertz CT molecular complexity index is 404. The van der Waals surface area contributed by atoms with Crippen LogP contribution in [0, 0.1) is 11.8 Å². The van der Waals surface area contributed by atoms with Gasteiger partial charge in [-0.25, -0.2) is 4.79 Å². The Morgan fingerprint density at radius 3 is 2.74 bits per heavy atom. The van der Waals surface area contributed by atoms with E-state index in [9.17, 15) is 18.0 Å². The molecule has 8 heteroatoms. The zero-order valence-corrected chi connectivity index (χ0v) is 13.7. The molecule has 2 aliphatic heterocycles. The first-order valence-corrected chi connectivity index (χ1v) is 8.19. The highest BCUT2D eigenvalue weighted by Crippen LogP contribution is 2.26. The van der Waals surface area contributed by atoms with E-state index in [1.54, 1.807) is 0 Å². The van der Waals surface area contributed by atoms with E-state index in [0.29, 0.717) is 38.0 Å². The van der Waals surface area contributed by atoms with Gasteiger partial charge in [-0.2, -0.15) is 13.2 Å². The first-order chi connectivity index (χ1) is 10.7. The number of urea groups is 1. The molecule has 0 unspecified atom stereocenters. The number of nitrogens with zero attached hydrogens (tertiary/aromatic N) is 1. The Labute approximate surface area is 134 Å². The van der Waals surface area contributed by atoms with E-state index in [1.165, 1.54) is 4.90 Å². The van der Waals surface area contributed by atoms with Gasteiger partial charge in [0.1, 0.15) is 0 Å². The van der Waals surface area contributed by atoms with Gasteiger partial charge in [-0.05, 0) is 18.8 Å². The van der Waals surface area contributed by atoms with Crippen molar-refractivity contribution < 1.29 is 22.7 Å². The SMILES string of the molecule is CC(C)[C@H]1OCC[C@H]1CNC(=O)N[C@@H]1CCN(CC(F)(F)F)C1. The van der Waals surface area contributed by atoms with Gasteiger partial charge in [0.25, 0.3) is 0 Å². The highest BCUT2D eigenvalue weighted by molar-refractivity contribution is 5.74. The largest absolute Gasteiger partial charge is 0.401 e. The second kappa shape index (κ2) is 7.70. The van der Waals surface area contributed by atoms with Crippen LogP contribution in [0.1, 0.15) is 26.7 Å². The number of amides is 2. The molecule has 0 bridgehead atoms. The summed E-state index contributed by atoms with van der Waals surface area (Å²) in [6.07, 6.45) is -2.56. The van der Waals surface area contributed by atoms with E-state index >= 15 is 0 Å². The van der Waals surface area contributed by atoms with E-state index in [0.717, 1.165) is 6.42 Å². The summed E-state index contributed by atoms with van der Waals surface area (Å²) in [7, 11) is 0. The highest BCUT2D eigenvalue weighted by Gasteiger charge is 2.35. The maximum Gasteiger partial charge on any atom is 0.401 e. The van der Waals surface area contributed by atoms with Crippen LogP contribution in [0.15, 0.2) is 0 Å². The van der Waals surface area contributed by atoms with Crippen molar-refractivity contribution in [3.8, 4) is 0 Å². The topological polar surface area (TPSA) is 53.6 Å². The van der Waals surface area contributed by atoms with Gasteiger partial charge in [0.2, 0.25) is 0 Å². The summed E-state index contributed by atoms with van der Waals surface area (Å²) >= 11 is 0. The smallest absolute Gasteiger partial charge is 0.378 e. The Balaban J connectivity index is 1.68. The fourth-order valence-electron chi connectivity index (χ4n) is 3.42. The van der Waals surface area contributed by atoms with Gasteiger partial charge in [0.15, 0.2) is 0 Å². The van der Waals surface area contributed by atoms with E-state index < -0.39 is 12.7 Å². The zero-order valence-electron chi connectivity index (χ0n) is 13.7. The van der Waals surface area contributed by atoms with Crippen molar-refractivity contribution >= 4 is 6.03 Å². The molecule has 0 spiro atoms. The monoisotopic (exact) mass is 337 g/mol. The minimum Gasteiger partial charge on any atom is -0.378 e. The normalized spacial score (nSPS) is 29.2. The van der Waals surface area contributed by atoms with Crippen LogP contribution in [-0.4, -0.2) is 62.0 Å². The van der Waals surface area contributed by atoms with Crippen LogP contribution < -0.4 is 10.6 Å². The van der Waals surface area contributed by atoms with Crippen molar-refractivity contribution in [2.24, 2.45) is 11.8 Å². The lowest BCUT2D eigenvalue weighted by Crippen LogP contribution is -2.46. The molecule has 2 fully saturated rings. The van der Waals surface area contributed by atoms with Crippen LogP contribution in [0.3, 0.4) is 0 Å². The number of nitrogens with one attached hydrogen (secondary N) is 2. The summed E-state index contributed by atoms with van der Waals surface area (Å²) in [5.74, 6) is 0.698. The Kier molecular flexibility index (Phi) is 6.13. The molecule has 0 aromatic rings. The molecule has 0 saturated carbocycles. The van der Waals surface area contributed by atoms with Gasteiger partial charge >= 0.3 is 12.2 Å². The number of likely N-dealkylation sites (tertiary alicyclic amines) is 1. The summed E-state index contributed by atoms with van der Waals surface area (Å²) in [5.41, 5.74) is 0. The fraction of sp³-hybridized carbons (Fsp3) is 0.933.